The van der Waals surface area contributed by atoms with Crippen LogP contribution in [0.3, 0.4) is 0 Å². The fraction of sp³-hybridized carbons (Fsp3) is 0.158. The van der Waals surface area contributed by atoms with Crippen LogP contribution in [0.4, 0.5) is 10.9 Å². The number of aromatic nitrogens is 4. The van der Waals surface area contributed by atoms with Gasteiger partial charge in [0.1, 0.15) is 11.6 Å². The monoisotopic (exact) mass is 460 g/mol. The first kappa shape index (κ1) is 20.5. The summed E-state index contributed by atoms with van der Waals surface area (Å²) in [5, 5.41) is 19.8. The van der Waals surface area contributed by atoms with E-state index in [0.29, 0.717) is 33.4 Å². The summed E-state index contributed by atoms with van der Waals surface area (Å²) in [4.78, 5) is 12.4. The Morgan fingerprint density at radius 3 is 2.93 bits per heavy atom. The molecule has 0 radical (unpaired) electrons. The fourth-order valence-corrected chi connectivity index (χ4v) is 4.32. The van der Waals surface area contributed by atoms with Gasteiger partial charge in [-0.2, -0.15) is 5.10 Å². The molecule has 0 saturated carbocycles. The van der Waals surface area contributed by atoms with E-state index >= 15 is 0 Å². The lowest BCUT2D eigenvalue weighted by atomic mass is 10.2. The average Bonchev–Trinajstić information content (AvgIpc) is 3.49. The van der Waals surface area contributed by atoms with Gasteiger partial charge in [0.15, 0.2) is 4.34 Å². The van der Waals surface area contributed by atoms with Gasteiger partial charge in [-0.1, -0.05) is 52.9 Å². The highest BCUT2D eigenvalue weighted by atomic mass is 35.5. The molecule has 0 saturated heterocycles. The Morgan fingerprint density at radius 1 is 1.20 bits per heavy atom. The molecule has 0 atom stereocenters. The number of benzene rings is 1. The van der Waals surface area contributed by atoms with Gasteiger partial charge >= 0.3 is 0 Å². The maximum Gasteiger partial charge on any atom is 0.235 e. The van der Waals surface area contributed by atoms with Gasteiger partial charge < -0.3 is 15.1 Å². The molecule has 2 N–H and O–H groups in total. The molecule has 154 valence electrons. The molecule has 4 rings (SSSR count). The number of nitrogens with zero attached hydrogens (tertiary/aromatic N) is 4. The van der Waals surface area contributed by atoms with Crippen molar-refractivity contribution in [1.82, 2.24) is 20.0 Å². The highest BCUT2D eigenvalue weighted by Gasteiger charge is 2.12. The molecule has 0 bridgehead atoms. The fourth-order valence-electron chi connectivity index (χ4n) is 2.57. The molecule has 0 aliphatic rings. The molecule has 0 aliphatic heterocycles. The zero-order valence-corrected chi connectivity index (χ0v) is 18.0. The average molecular weight is 461 g/mol. The Bertz CT molecular complexity index is 1110. The van der Waals surface area contributed by atoms with E-state index in [9.17, 15) is 4.79 Å². The summed E-state index contributed by atoms with van der Waals surface area (Å²) >= 11 is 8.93. The minimum absolute atomic E-state index is 0.152. The van der Waals surface area contributed by atoms with Crippen LogP contribution in [0.1, 0.15) is 11.3 Å². The van der Waals surface area contributed by atoms with Gasteiger partial charge in [-0.3, -0.25) is 4.79 Å². The van der Waals surface area contributed by atoms with Crippen LogP contribution in [0, 0.1) is 0 Å². The topological polar surface area (TPSA) is 97.9 Å². The van der Waals surface area contributed by atoms with Crippen molar-refractivity contribution in [3.05, 3.63) is 71.3 Å². The molecule has 0 aliphatic carbocycles. The second-order valence-electron chi connectivity index (χ2n) is 6.11. The van der Waals surface area contributed by atoms with E-state index in [2.05, 4.69) is 25.9 Å². The highest BCUT2D eigenvalue weighted by Crippen LogP contribution is 2.26. The summed E-state index contributed by atoms with van der Waals surface area (Å²) in [7, 11) is 0. The largest absolute Gasteiger partial charge is 0.467 e. The standard InChI is InChI=1S/C19H17ClN6O2S2/c20-15-6-2-1-4-13(15)11-26-16(7-8-22-26)23-17(27)12-29-19-25-24-18(30-19)21-10-14-5-3-9-28-14/h1-9H,10-12H2,(H,21,24)(H,23,27). The van der Waals surface area contributed by atoms with Crippen molar-refractivity contribution in [2.45, 2.75) is 17.4 Å². The predicted molar refractivity (Wildman–Crippen MR) is 118 cm³/mol. The predicted octanol–water partition coefficient (Wildman–Crippen LogP) is 4.37. The van der Waals surface area contributed by atoms with Crippen LogP contribution < -0.4 is 10.6 Å². The molecular formula is C19H17ClN6O2S2. The Kier molecular flexibility index (Phi) is 6.67. The second kappa shape index (κ2) is 9.79. The highest BCUT2D eigenvalue weighted by molar-refractivity contribution is 8.01. The molecule has 30 heavy (non-hydrogen) atoms. The molecule has 1 amide bonds. The van der Waals surface area contributed by atoms with E-state index in [4.69, 9.17) is 16.0 Å². The van der Waals surface area contributed by atoms with Crippen molar-refractivity contribution >= 4 is 51.6 Å². The minimum Gasteiger partial charge on any atom is -0.467 e. The first-order valence-electron chi connectivity index (χ1n) is 8.95. The number of halogens is 1. The molecule has 1 aromatic carbocycles. The van der Waals surface area contributed by atoms with Gasteiger partial charge in [-0.15, -0.1) is 10.2 Å². The Labute approximate surface area is 185 Å². The maximum atomic E-state index is 12.4. The van der Waals surface area contributed by atoms with Gasteiger partial charge in [0, 0.05) is 11.1 Å². The summed E-state index contributed by atoms with van der Waals surface area (Å²) < 4.78 is 7.67. The second-order valence-corrected chi connectivity index (χ2v) is 8.72. The molecule has 4 aromatic rings. The molecule has 3 aromatic heterocycles. The Balaban J connectivity index is 1.28. The molecule has 0 unspecified atom stereocenters. The van der Waals surface area contributed by atoms with Crippen LogP contribution in [0.2, 0.25) is 5.02 Å². The number of hydrogen-bond donors (Lipinski definition) is 2. The van der Waals surface area contributed by atoms with Crippen molar-refractivity contribution in [2.24, 2.45) is 0 Å². The number of hydrogen-bond acceptors (Lipinski definition) is 8. The van der Waals surface area contributed by atoms with Gasteiger partial charge in [0.05, 0.1) is 31.3 Å². The summed E-state index contributed by atoms with van der Waals surface area (Å²) in [5.41, 5.74) is 0.927. The number of anilines is 2. The van der Waals surface area contributed by atoms with Crippen molar-refractivity contribution in [3.8, 4) is 0 Å². The van der Waals surface area contributed by atoms with Gasteiger partial charge in [-0.25, -0.2) is 4.68 Å². The first-order valence-corrected chi connectivity index (χ1v) is 11.1. The molecule has 8 nitrogen and oxygen atoms in total. The lowest BCUT2D eigenvalue weighted by Crippen LogP contribution is -2.17. The molecule has 0 fully saturated rings. The number of carbonyl (C=O) groups excluding carboxylic acids is 1. The molecular weight excluding hydrogens is 444 g/mol. The normalized spacial score (nSPS) is 10.8. The van der Waals surface area contributed by atoms with Crippen LogP contribution in [0.25, 0.3) is 0 Å². The summed E-state index contributed by atoms with van der Waals surface area (Å²) in [6.45, 7) is 0.999. The van der Waals surface area contributed by atoms with E-state index in [1.165, 1.54) is 23.1 Å². The number of carbonyl (C=O) groups is 1. The van der Waals surface area contributed by atoms with Gasteiger partial charge in [0.25, 0.3) is 0 Å². The van der Waals surface area contributed by atoms with E-state index in [-0.39, 0.29) is 11.7 Å². The number of nitrogens with one attached hydrogen (secondary N) is 2. The Morgan fingerprint density at radius 2 is 2.10 bits per heavy atom. The van der Waals surface area contributed by atoms with E-state index in [1.54, 1.807) is 23.2 Å². The molecule has 0 spiro atoms. The van der Waals surface area contributed by atoms with Crippen molar-refractivity contribution in [2.75, 3.05) is 16.4 Å². The quantitative estimate of drug-likeness (QED) is 0.358. The Hall–Kier alpha value is -2.82. The first-order chi connectivity index (χ1) is 14.7. The third-order valence-corrected chi connectivity index (χ3v) is 6.37. The van der Waals surface area contributed by atoms with E-state index < -0.39 is 0 Å². The van der Waals surface area contributed by atoms with Crippen molar-refractivity contribution in [1.29, 1.82) is 0 Å². The van der Waals surface area contributed by atoms with Crippen LogP contribution in [0.5, 0.6) is 0 Å². The number of amides is 1. The van der Waals surface area contributed by atoms with Gasteiger partial charge in [-0.05, 0) is 23.8 Å². The van der Waals surface area contributed by atoms with Crippen molar-refractivity contribution in [3.63, 3.8) is 0 Å². The number of furan rings is 1. The molecule has 3 heterocycles. The summed E-state index contributed by atoms with van der Waals surface area (Å²) in [6.07, 6.45) is 3.26. The van der Waals surface area contributed by atoms with Crippen molar-refractivity contribution < 1.29 is 9.21 Å². The van der Waals surface area contributed by atoms with E-state index in [1.807, 2.05) is 36.4 Å². The van der Waals surface area contributed by atoms with Crippen LogP contribution >= 0.6 is 34.7 Å². The zero-order chi connectivity index (χ0) is 20.8. The lowest BCUT2D eigenvalue weighted by Gasteiger charge is -2.09. The van der Waals surface area contributed by atoms with E-state index in [0.717, 1.165) is 11.3 Å². The summed E-state index contributed by atoms with van der Waals surface area (Å²) in [5.74, 6) is 1.48. The smallest absolute Gasteiger partial charge is 0.235 e. The SMILES string of the molecule is O=C(CSc1nnc(NCc2ccco2)s1)Nc1ccnn1Cc1ccccc1Cl. The van der Waals surface area contributed by atoms with Crippen LogP contribution in [-0.4, -0.2) is 31.6 Å². The third kappa shape index (κ3) is 5.41. The summed E-state index contributed by atoms with van der Waals surface area (Å²) in [6, 6.07) is 13.0. The number of thioether (sulfide) groups is 1. The van der Waals surface area contributed by atoms with Crippen LogP contribution in [0.15, 0.2) is 63.7 Å². The third-order valence-electron chi connectivity index (χ3n) is 3.99. The lowest BCUT2D eigenvalue weighted by molar-refractivity contribution is -0.113. The molecule has 11 heteroatoms. The zero-order valence-electron chi connectivity index (χ0n) is 15.6. The van der Waals surface area contributed by atoms with Crippen LogP contribution in [-0.2, 0) is 17.9 Å². The van der Waals surface area contributed by atoms with Gasteiger partial charge in [0.2, 0.25) is 11.0 Å². The number of rotatable bonds is 9. The maximum absolute atomic E-state index is 12.4. The minimum atomic E-state index is -0.152.